The molecule has 0 spiro atoms. The average Bonchev–Trinajstić information content (AvgIpc) is 3.06. The number of carbonyl (C=O) groups is 2. The first-order chi connectivity index (χ1) is 21.1. The van der Waals surface area contributed by atoms with E-state index in [1.165, 1.54) is 12.8 Å². The van der Waals surface area contributed by atoms with Crippen LogP contribution in [-0.2, 0) is 0 Å². The van der Waals surface area contributed by atoms with E-state index in [2.05, 4.69) is 11.9 Å². The smallest absolute Gasteiger partial charge is 0.343 e. The summed E-state index contributed by atoms with van der Waals surface area (Å²) in [5, 5.41) is 0. The minimum atomic E-state index is -0.555. The molecule has 5 rings (SSSR count). The number of hydrogen-bond donors (Lipinski definition) is 0. The molecule has 0 radical (unpaired) electrons. The largest absolute Gasteiger partial charge is 0.494 e. The van der Waals surface area contributed by atoms with Gasteiger partial charge >= 0.3 is 11.9 Å². The molecule has 7 nitrogen and oxygen atoms in total. The Morgan fingerprint density at radius 2 is 1.23 bits per heavy atom. The molecule has 43 heavy (non-hydrogen) atoms. The van der Waals surface area contributed by atoms with Crippen LogP contribution >= 0.6 is 0 Å². The van der Waals surface area contributed by atoms with Crippen molar-refractivity contribution in [3.05, 3.63) is 127 Å². The Labute approximate surface area is 251 Å². The molecule has 0 aliphatic heterocycles. The molecule has 5 aromatic rings. The van der Waals surface area contributed by atoms with Crippen molar-refractivity contribution in [1.29, 1.82) is 0 Å². The second-order valence-corrected chi connectivity index (χ2v) is 9.89. The lowest BCUT2D eigenvalue weighted by Gasteiger charge is -2.10. The fourth-order valence-electron chi connectivity index (χ4n) is 4.36. The molecular weight excluding hydrogens is 540 g/mol. The molecule has 216 valence electrons. The Balaban J connectivity index is 1.23. The number of benzene rings is 3. The maximum Gasteiger partial charge on any atom is 0.343 e. The van der Waals surface area contributed by atoms with Crippen LogP contribution in [0.3, 0.4) is 0 Å². The van der Waals surface area contributed by atoms with E-state index < -0.39 is 11.9 Å². The lowest BCUT2D eigenvalue weighted by Crippen LogP contribution is -2.10. The quantitative estimate of drug-likeness (QED) is 0.0846. The fraction of sp³-hybridized carbons (Fsp3) is 0.167. The lowest BCUT2D eigenvalue weighted by molar-refractivity contribution is 0.0730. The SMILES string of the molecule is CCCCCCOc1ccc(C(=O)Oc2ccc(C(=O)Oc3cc(-c4ccccc4)nc(-c4ccccn4)c3)cc2)cc1. The lowest BCUT2D eigenvalue weighted by atomic mass is 10.1. The van der Waals surface area contributed by atoms with E-state index in [4.69, 9.17) is 19.2 Å². The normalized spacial score (nSPS) is 10.6. The third-order valence-electron chi connectivity index (χ3n) is 6.66. The summed E-state index contributed by atoms with van der Waals surface area (Å²) >= 11 is 0. The monoisotopic (exact) mass is 572 g/mol. The zero-order chi connectivity index (χ0) is 29.9. The first-order valence-electron chi connectivity index (χ1n) is 14.4. The van der Waals surface area contributed by atoms with Gasteiger partial charge in [0.25, 0.3) is 0 Å². The number of unbranched alkanes of at least 4 members (excludes halogenated alkanes) is 3. The predicted molar refractivity (Wildman–Crippen MR) is 165 cm³/mol. The highest BCUT2D eigenvalue weighted by Gasteiger charge is 2.15. The summed E-state index contributed by atoms with van der Waals surface area (Å²) in [7, 11) is 0. The van der Waals surface area contributed by atoms with Crippen LogP contribution in [0.25, 0.3) is 22.6 Å². The van der Waals surface area contributed by atoms with Gasteiger partial charge in [0.05, 0.1) is 34.8 Å². The molecule has 2 aromatic heterocycles. The Bertz CT molecular complexity index is 1580. The predicted octanol–water partition coefficient (Wildman–Crippen LogP) is 8.21. The molecule has 0 saturated carbocycles. The summed E-state index contributed by atoms with van der Waals surface area (Å²) in [5.74, 6) is 0.305. The molecule has 2 heterocycles. The molecular formula is C36H32N2O5. The zero-order valence-corrected chi connectivity index (χ0v) is 23.9. The van der Waals surface area contributed by atoms with E-state index in [0.29, 0.717) is 52.1 Å². The van der Waals surface area contributed by atoms with Crippen molar-refractivity contribution in [2.45, 2.75) is 32.6 Å². The van der Waals surface area contributed by atoms with Crippen LogP contribution < -0.4 is 14.2 Å². The fourth-order valence-corrected chi connectivity index (χ4v) is 4.36. The van der Waals surface area contributed by atoms with Crippen LogP contribution in [0.5, 0.6) is 17.2 Å². The molecule has 0 unspecified atom stereocenters. The van der Waals surface area contributed by atoms with Gasteiger partial charge in [0.2, 0.25) is 0 Å². The van der Waals surface area contributed by atoms with Crippen molar-refractivity contribution in [3.63, 3.8) is 0 Å². The Kier molecular flexibility index (Phi) is 9.88. The molecule has 0 amide bonds. The van der Waals surface area contributed by atoms with Gasteiger partial charge in [-0.3, -0.25) is 4.98 Å². The van der Waals surface area contributed by atoms with Gasteiger partial charge in [0.15, 0.2) is 0 Å². The van der Waals surface area contributed by atoms with Crippen molar-refractivity contribution >= 4 is 11.9 Å². The summed E-state index contributed by atoms with van der Waals surface area (Å²) < 4.78 is 17.0. The van der Waals surface area contributed by atoms with Crippen LogP contribution in [0, 0.1) is 0 Å². The van der Waals surface area contributed by atoms with E-state index in [9.17, 15) is 9.59 Å². The highest BCUT2D eigenvalue weighted by Crippen LogP contribution is 2.28. The van der Waals surface area contributed by atoms with Crippen molar-refractivity contribution in [1.82, 2.24) is 9.97 Å². The van der Waals surface area contributed by atoms with E-state index in [1.54, 1.807) is 66.9 Å². The molecule has 0 bridgehead atoms. The van der Waals surface area contributed by atoms with E-state index in [-0.39, 0.29) is 0 Å². The highest BCUT2D eigenvalue weighted by molar-refractivity contribution is 5.93. The minimum Gasteiger partial charge on any atom is -0.494 e. The molecule has 7 heteroatoms. The molecule has 0 fully saturated rings. The van der Waals surface area contributed by atoms with Crippen LogP contribution in [-0.4, -0.2) is 28.5 Å². The van der Waals surface area contributed by atoms with E-state index in [0.717, 1.165) is 18.4 Å². The average molecular weight is 573 g/mol. The number of ether oxygens (including phenoxy) is 3. The zero-order valence-electron chi connectivity index (χ0n) is 23.9. The van der Waals surface area contributed by atoms with E-state index >= 15 is 0 Å². The summed E-state index contributed by atoms with van der Waals surface area (Å²) in [6, 6.07) is 31.7. The van der Waals surface area contributed by atoms with Crippen LogP contribution in [0.2, 0.25) is 0 Å². The summed E-state index contributed by atoms with van der Waals surface area (Å²) in [6.07, 6.45) is 6.21. The van der Waals surface area contributed by atoms with Gasteiger partial charge in [-0.1, -0.05) is 62.6 Å². The number of rotatable bonds is 12. The number of pyridine rings is 2. The van der Waals surface area contributed by atoms with Gasteiger partial charge in [-0.15, -0.1) is 0 Å². The molecule has 0 saturated heterocycles. The summed E-state index contributed by atoms with van der Waals surface area (Å²) in [6.45, 7) is 2.82. The maximum atomic E-state index is 13.0. The Morgan fingerprint density at radius 1 is 0.605 bits per heavy atom. The third-order valence-corrected chi connectivity index (χ3v) is 6.66. The van der Waals surface area contributed by atoms with Gasteiger partial charge in [-0.25, -0.2) is 14.6 Å². The molecule has 0 aliphatic carbocycles. The van der Waals surface area contributed by atoms with Crippen LogP contribution in [0.1, 0.15) is 53.3 Å². The van der Waals surface area contributed by atoms with Crippen molar-refractivity contribution < 1.29 is 23.8 Å². The number of hydrogen-bond acceptors (Lipinski definition) is 7. The van der Waals surface area contributed by atoms with Gasteiger partial charge in [0, 0.05) is 23.9 Å². The van der Waals surface area contributed by atoms with Crippen molar-refractivity contribution in [2.75, 3.05) is 6.61 Å². The van der Waals surface area contributed by atoms with Gasteiger partial charge in [0.1, 0.15) is 17.2 Å². The second kappa shape index (κ2) is 14.5. The number of aromatic nitrogens is 2. The maximum absolute atomic E-state index is 13.0. The molecule has 3 aromatic carbocycles. The molecule has 0 aliphatic rings. The van der Waals surface area contributed by atoms with Gasteiger partial charge < -0.3 is 14.2 Å². The van der Waals surface area contributed by atoms with Gasteiger partial charge in [-0.05, 0) is 67.1 Å². The summed E-state index contributed by atoms with van der Waals surface area (Å²) in [5.41, 5.74) is 3.48. The van der Waals surface area contributed by atoms with Gasteiger partial charge in [-0.2, -0.15) is 0 Å². The van der Waals surface area contributed by atoms with Crippen molar-refractivity contribution in [3.8, 4) is 39.9 Å². The second-order valence-electron chi connectivity index (χ2n) is 9.89. The Hall–Kier alpha value is -5.30. The number of carbonyl (C=O) groups excluding carboxylic acids is 2. The molecule has 0 N–H and O–H groups in total. The van der Waals surface area contributed by atoms with E-state index in [1.807, 2.05) is 48.5 Å². The first-order valence-corrected chi connectivity index (χ1v) is 14.4. The molecule has 0 atom stereocenters. The topological polar surface area (TPSA) is 87.6 Å². The highest BCUT2D eigenvalue weighted by atomic mass is 16.5. The minimum absolute atomic E-state index is 0.303. The van der Waals surface area contributed by atoms with Crippen molar-refractivity contribution in [2.24, 2.45) is 0 Å². The number of esters is 2. The standard InChI is InChI=1S/C36H32N2O5/c1-2-3-4-10-23-41-29-18-14-27(15-19-29)35(39)42-30-20-16-28(17-21-30)36(40)43-31-24-33(26-11-6-5-7-12-26)38-34(25-31)32-13-8-9-22-37-32/h5-9,11-22,24-25H,2-4,10,23H2,1H3. The van der Waals surface area contributed by atoms with Crippen LogP contribution in [0.15, 0.2) is 115 Å². The van der Waals surface area contributed by atoms with Crippen LogP contribution in [0.4, 0.5) is 0 Å². The number of nitrogens with zero attached hydrogens (tertiary/aromatic N) is 2. The summed E-state index contributed by atoms with van der Waals surface area (Å²) in [4.78, 5) is 34.8. The third kappa shape index (κ3) is 8.14. The Morgan fingerprint density at radius 3 is 1.88 bits per heavy atom. The first kappa shape index (κ1) is 29.2.